The summed E-state index contributed by atoms with van der Waals surface area (Å²) in [6, 6.07) is 3.46. The fourth-order valence-electron chi connectivity index (χ4n) is 1.98. The number of nitrogens with one attached hydrogen (secondary N) is 1. The van der Waals surface area contributed by atoms with Crippen LogP contribution in [0.4, 0.5) is 36.4 Å². The van der Waals surface area contributed by atoms with Gasteiger partial charge >= 0.3 is 13.2 Å². The average Bonchev–Trinajstić information content (AvgIpc) is 2.58. The number of hydrogen-bond acceptors (Lipinski definition) is 3. The smallest absolute Gasteiger partial charge is 0.387 e. The van der Waals surface area contributed by atoms with E-state index in [0.717, 1.165) is 30.4 Å². The Labute approximate surface area is 153 Å². The number of amides is 1. The molecule has 0 aliphatic rings. The summed E-state index contributed by atoms with van der Waals surface area (Å²) in [7, 11) is 0. The molecule has 1 N–H and O–H groups in total. The van der Waals surface area contributed by atoms with Gasteiger partial charge in [0, 0.05) is 29.8 Å². The van der Waals surface area contributed by atoms with E-state index in [0.29, 0.717) is 6.07 Å². The fraction of sp³-hybridized carbons (Fsp3) is 0.118. The summed E-state index contributed by atoms with van der Waals surface area (Å²) in [5.74, 6) is -6.14. The predicted molar refractivity (Wildman–Crippen MR) is 83.7 cm³/mol. The van der Waals surface area contributed by atoms with Gasteiger partial charge in [-0.15, -0.1) is 0 Å². The van der Waals surface area contributed by atoms with Crippen molar-refractivity contribution in [3.63, 3.8) is 0 Å². The van der Waals surface area contributed by atoms with E-state index in [9.17, 15) is 35.5 Å². The Morgan fingerprint density at radius 1 is 0.893 bits per heavy atom. The molecule has 0 aromatic heterocycles. The first kappa shape index (κ1) is 21.1. The Morgan fingerprint density at radius 2 is 1.54 bits per heavy atom. The standard InChI is InChI=1S/C17H10F7NO3/c18-10-6-12(20)13(7-11(10)19)25-15(26)4-2-8-1-3-9(27-16(21)22)5-14(8)28-17(23)24/h1-7,16-17H,(H,25,26)/b4-2+. The lowest BCUT2D eigenvalue weighted by Crippen LogP contribution is -2.10. The zero-order chi connectivity index (χ0) is 20.8. The van der Waals surface area contributed by atoms with E-state index >= 15 is 0 Å². The molecule has 0 aliphatic heterocycles. The van der Waals surface area contributed by atoms with Crippen LogP contribution in [0.15, 0.2) is 36.4 Å². The maximum atomic E-state index is 13.5. The van der Waals surface area contributed by atoms with Crippen molar-refractivity contribution in [1.29, 1.82) is 0 Å². The summed E-state index contributed by atoms with van der Waals surface area (Å²) in [5.41, 5.74) is -0.777. The third-order valence-electron chi connectivity index (χ3n) is 3.11. The number of halogens is 7. The predicted octanol–water partition coefficient (Wildman–Crippen LogP) is 4.96. The van der Waals surface area contributed by atoms with Gasteiger partial charge in [-0.1, -0.05) is 0 Å². The highest BCUT2D eigenvalue weighted by molar-refractivity contribution is 6.02. The maximum absolute atomic E-state index is 13.5. The largest absolute Gasteiger partial charge is 0.435 e. The summed E-state index contributed by atoms with van der Waals surface area (Å²) < 4.78 is 97.0. The first-order valence-corrected chi connectivity index (χ1v) is 7.33. The molecule has 150 valence electrons. The Hall–Kier alpha value is -3.24. The van der Waals surface area contributed by atoms with E-state index in [-0.39, 0.29) is 11.6 Å². The van der Waals surface area contributed by atoms with Crippen molar-refractivity contribution in [3.8, 4) is 11.5 Å². The van der Waals surface area contributed by atoms with Gasteiger partial charge in [0.05, 0.1) is 5.69 Å². The van der Waals surface area contributed by atoms with Crippen molar-refractivity contribution < 1.29 is 45.0 Å². The second-order valence-electron chi connectivity index (χ2n) is 5.03. The number of carbonyl (C=O) groups is 1. The van der Waals surface area contributed by atoms with Crippen molar-refractivity contribution in [3.05, 3.63) is 59.4 Å². The zero-order valence-corrected chi connectivity index (χ0v) is 13.6. The molecule has 0 radical (unpaired) electrons. The molecule has 0 heterocycles. The first-order chi connectivity index (χ1) is 13.2. The van der Waals surface area contributed by atoms with Crippen molar-refractivity contribution >= 4 is 17.7 Å². The lowest BCUT2D eigenvalue weighted by molar-refractivity contribution is -0.111. The Morgan fingerprint density at radius 3 is 2.18 bits per heavy atom. The molecular weight excluding hydrogens is 399 g/mol. The van der Waals surface area contributed by atoms with E-state index in [1.807, 2.05) is 5.32 Å². The maximum Gasteiger partial charge on any atom is 0.387 e. The highest BCUT2D eigenvalue weighted by Crippen LogP contribution is 2.28. The van der Waals surface area contributed by atoms with Crippen LogP contribution in [0.1, 0.15) is 5.56 Å². The van der Waals surface area contributed by atoms with E-state index in [1.165, 1.54) is 0 Å². The molecule has 4 nitrogen and oxygen atoms in total. The van der Waals surface area contributed by atoms with Crippen LogP contribution in [0, 0.1) is 17.5 Å². The SMILES string of the molecule is O=C(/C=C/c1ccc(OC(F)F)cc1OC(F)F)Nc1cc(F)c(F)cc1F. The van der Waals surface area contributed by atoms with Gasteiger partial charge in [0.25, 0.3) is 0 Å². The van der Waals surface area contributed by atoms with Crippen LogP contribution in [-0.2, 0) is 4.79 Å². The minimum Gasteiger partial charge on any atom is -0.435 e. The second-order valence-corrected chi connectivity index (χ2v) is 5.03. The van der Waals surface area contributed by atoms with Gasteiger partial charge in [-0.25, -0.2) is 13.2 Å². The first-order valence-electron chi connectivity index (χ1n) is 7.33. The number of ether oxygens (including phenoxy) is 2. The van der Waals surface area contributed by atoms with Gasteiger partial charge in [0.2, 0.25) is 5.91 Å². The molecule has 0 aliphatic carbocycles. The van der Waals surface area contributed by atoms with Crippen LogP contribution in [0.2, 0.25) is 0 Å². The van der Waals surface area contributed by atoms with Gasteiger partial charge in [-0.3, -0.25) is 4.79 Å². The number of rotatable bonds is 7. The number of hydrogen-bond donors (Lipinski definition) is 1. The highest BCUT2D eigenvalue weighted by Gasteiger charge is 2.14. The van der Waals surface area contributed by atoms with Gasteiger partial charge in [0.15, 0.2) is 11.6 Å². The van der Waals surface area contributed by atoms with Crippen molar-refractivity contribution in [2.24, 2.45) is 0 Å². The van der Waals surface area contributed by atoms with E-state index in [1.54, 1.807) is 0 Å². The lowest BCUT2D eigenvalue weighted by Gasteiger charge is -2.11. The number of anilines is 1. The number of benzene rings is 2. The fourth-order valence-corrected chi connectivity index (χ4v) is 1.98. The quantitative estimate of drug-likeness (QED) is 0.400. The number of carbonyl (C=O) groups excluding carboxylic acids is 1. The van der Waals surface area contributed by atoms with Crippen LogP contribution in [-0.4, -0.2) is 19.1 Å². The van der Waals surface area contributed by atoms with Gasteiger partial charge in [-0.05, 0) is 18.2 Å². The molecule has 2 rings (SSSR count). The average molecular weight is 409 g/mol. The highest BCUT2D eigenvalue weighted by atomic mass is 19.3. The molecule has 28 heavy (non-hydrogen) atoms. The molecule has 0 spiro atoms. The van der Waals surface area contributed by atoms with Gasteiger partial charge in [0.1, 0.15) is 17.3 Å². The van der Waals surface area contributed by atoms with Crippen LogP contribution in [0.25, 0.3) is 6.08 Å². The third-order valence-corrected chi connectivity index (χ3v) is 3.11. The summed E-state index contributed by atoms with van der Waals surface area (Å²) in [6.45, 7) is -6.49. The molecule has 1 amide bonds. The summed E-state index contributed by atoms with van der Waals surface area (Å²) in [5, 5.41) is 1.93. The van der Waals surface area contributed by atoms with Gasteiger partial charge in [-0.2, -0.15) is 17.6 Å². The molecule has 2 aromatic rings. The number of alkyl halides is 4. The Bertz CT molecular complexity index is 887. The van der Waals surface area contributed by atoms with Crippen molar-refractivity contribution in [1.82, 2.24) is 0 Å². The minimum absolute atomic E-state index is 0.122. The van der Waals surface area contributed by atoms with Crippen LogP contribution < -0.4 is 14.8 Å². The molecule has 0 bridgehead atoms. The topological polar surface area (TPSA) is 47.6 Å². The summed E-state index contributed by atoms with van der Waals surface area (Å²) >= 11 is 0. The molecule has 0 saturated carbocycles. The summed E-state index contributed by atoms with van der Waals surface area (Å²) in [4.78, 5) is 11.8. The molecule has 0 fully saturated rings. The lowest BCUT2D eigenvalue weighted by atomic mass is 10.1. The molecule has 0 saturated heterocycles. The normalized spacial score (nSPS) is 11.3. The molecule has 0 unspecified atom stereocenters. The van der Waals surface area contributed by atoms with E-state index in [2.05, 4.69) is 9.47 Å². The zero-order valence-electron chi connectivity index (χ0n) is 13.6. The van der Waals surface area contributed by atoms with Crippen LogP contribution >= 0.6 is 0 Å². The molecule has 2 aromatic carbocycles. The monoisotopic (exact) mass is 409 g/mol. The van der Waals surface area contributed by atoms with Gasteiger partial charge < -0.3 is 14.8 Å². The molecular formula is C17H10F7NO3. The second kappa shape index (κ2) is 9.11. The Balaban J connectivity index is 2.19. The minimum atomic E-state index is -3.29. The van der Waals surface area contributed by atoms with Crippen molar-refractivity contribution in [2.75, 3.05) is 5.32 Å². The van der Waals surface area contributed by atoms with Crippen molar-refractivity contribution in [2.45, 2.75) is 13.2 Å². The van der Waals surface area contributed by atoms with E-state index in [4.69, 9.17) is 0 Å². The molecule has 11 heteroatoms. The molecule has 0 atom stereocenters. The van der Waals surface area contributed by atoms with Crippen LogP contribution in [0.3, 0.4) is 0 Å². The Kier molecular flexibility index (Phi) is 6.85. The van der Waals surface area contributed by atoms with Crippen LogP contribution in [0.5, 0.6) is 11.5 Å². The van der Waals surface area contributed by atoms with E-state index < -0.39 is 53.8 Å². The summed E-state index contributed by atoms with van der Waals surface area (Å²) in [6.07, 6.45) is 1.71. The third kappa shape index (κ3) is 5.89.